The van der Waals surface area contributed by atoms with Gasteiger partial charge in [-0.05, 0) is 56.5 Å². The van der Waals surface area contributed by atoms with Crippen LogP contribution in [0.4, 0.5) is 5.69 Å². The number of carbonyl (C=O) groups is 2. The Balaban J connectivity index is 0.00000208. The lowest BCUT2D eigenvalue weighted by atomic mass is 9.96. The molecule has 1 saturated heterocycles. The molecule has 0 aromatic heterocycles. The summed E-state index contributed by atoms with van der Waals surface area (Å²) in [6.45, 7) is 2.86. The van der Waals surface area contributed by atoms with Gasteiger partial charge in [-0.1, -0.05) is 0 Å². The summed E-state index contributed by atoms with van der Waals surface area (Å²) in [7, 11) is 0. The van der Waals surface area contributed by atoms with E-state index in [0.29, 0.717) is 24.4 Å². The van der Waals surface area contributed by atoms with Crippen LogP contribution in [0.1, 0.15) is 36.0 Å². The standard InChI is InChI=1S/C17H23N3O2S.ClH/c21-16-6-9-23-15-4-3-13(10-14(15)20-16)17(22)19-8-5-12-2-1-7-18-11-12;/h3-4,10,12,18H,1-2,5-9,11H2,(H,19,22)(H,20,21);1H. The topological polar surface area (TPSA) is 70.2 Å². The fourth-order valence-corrected chi connectivity index (χ4v) is 3.96. The molecule has 1 aromatic carbocycles. The van der Waals surface area contributed by atoms with E-state index in [4.69, 9.17) is 0 Å². The van der Waals surface area contributed by atoms with Crippen LogP contribution < -0.4 is 16.0 Å². The summed E-state index contributed by atoms with van der Waals surface area (Å²) in [5.74, 6) is 1.38. The molecule has 2 aliphatic rings. The zero-order valence-corrected chi connectivity index (χ0v) is 15.2. The molecule has 3 rings (SSSR count). The van der Waals surface area contributed by atoms with Gasteiger partial charge in [-0.25, -0.2) is 0 Å². The van der Waals surface area contributed by atoms with E-state index in [-0.39, 0.29) is 24.2 Å². The molecule has 1 fully saturated rings. The number of fused-ring (bicyclic) bond motifs is 1. The average Bonchev–Trinajstić information content (AvgIpc) is 2.75. The van der Waals surface area contributed by atoms with Gasteiger partial charge >= 0.3 is 0 Å². The van der Waals surface area contributed by atoms with E-state index in [2.05, 4.69) is 16.0 Å². The molecule has 3 N–H and O–H groups in total. The van der Waals surface area contributed by atoms with Crippen molar-refractivity contribution >= 4 is 41.7 Å². The first-order chi connectivity index (χ1) is 11.2. The molecule has 7 heteroatoms. The van der Waals surface area contributed by atoms with Crippen molar-refractivity contribution < 1.29 is 9.59 Å². The van der Waals surface area contributed by atoms with Crippen molar-refractivity contribution in [1.82, 2.24) is 10.6 Å². The van der Waals surface area contributed by atoms with Crippen molar-refractivity contribution in [2.75, 3.05) is 30.7 Å². The Hall–Kier alpha value is -1.24. The lowest BCUT2D eigenvalue weighted by Gasteiger charge is -2.22. The Labute approximate surface area is 153 Å². The molecule has 132 valence electrons. The molecule has 0 spiro atoms. The highest BCUT2D eigenvalue weighted by Gasteiger charge is 2.16. The van der Waals surface area contributed by atoms with Crippen LogP contribution in [0.5, 0.6) is 0 Å². The number of benzene rings is 1. The molecule has 1 aromatic rings. The number of anilines is 1. The molecule has 2 heterocycles. The highest BCUT2D eigenvalue weighted by Crippen LogP contribution is 2.31. The van der Waals surface area contributed by atoms with Gasteiger partial charge in [0.25, 0.3) is 5.91 Å². The number of hydrogen-bond donors (Lipinski definition) is 3. The predicted octanol–water partition coefficient (Wildman–Crippen LogP) is 2.66. The van der Waals surface area contributed by atoms with E-state index >= 15 is 0 Å². The Bertz CT molecular complexity index is 591. The number of nitrogens with one attached hydrogen (secondary N) is 3. The smallest absolute Gasteiger partial charge is 0.251 e. The summed E-state index contributed by atoms with van der Waals surface area (Å²) >= 11 is 1.65. The molecule has 1 unspecified atom stereocenters. The number of thioether (sulfide) groups is 1. The summed E-state index contributed by atoms with van der Waals surface area (Å²) in [5.41, 5.74) is 1.36. The van der Waals surface area contributed by atoms with Gasteiger partial charge in [0.15, 0.2) is 0 Å². The summed E-state index contributed by atoms with van der Waals surface area (Å²) < 4.78 is 0. The average molecular weight is 370 g/mol. The molecule has 0 aliphatic carbocycles. The van der Waals surface area contributed by atoms with E-state index in [9.17, 15) is 9.59 Å². The van der Waals surface area contributed by atoms with E-state index in [1.54, 1.807) is 17.8 Å². The first-order valence-corrected chi connectivity index (χ1v) is 9.26. The van der Waals surface area contributed by atoms with Crippen molar-refractivity contribution in [3.63, 3.8) is 0 Å². The summed E-state index contributed by atoms with van der Waals surface area (Å²) in [6, 6.07) is 5.54. The maximum absolute atomic E-state index is 12.3. The predicted molar refractivity (Wildman–Crippen MR) is 100 cm³/mol. The van der Waals surface area contributed by atoms with Gasteiger partial charge in [0.05, 0.1) is 5.69 Å². The van der Waals surface area contributed by atoms with E-state index in [1.807, 2.05) is 12.1 Å². The first kappa shape index (κ1) is 19.1. The normalized spacial score (nSPS) is 20.2. The first-order valence-electron chi connectivity index (χ1n) is 8.28. The number of piperidine rings is 1. The second-order valence-electron chi connectivity index (χ2n) is 6.11. The van der Waals surface area contributed by atoms with Crippen LogP contribution in [0.15, 0.2) is 23.1 Å². The second-order valence-corrected chi connectivity index (χ2v) is 7.25. The molecular formula is C17H24ClN3O2S. The van der Waals surface area contributed by atoms with Crippen molar-refractivity contribution in [3.05, 3.63) is 23.8 Å². The summed E-state index contributed by atoms with van der Waals surface area (Å²) in [4.78, 5) is 25.0. The van der Waals surface area contributed by atoms with Crippen molar-refractivity contribution in [2.24, 2.45) is 5.92 Å². The minimum Gasteiger partial charge on any atom is -0.352 e. The minimum atomic E-state index is -0.0694. The number of carbonyl (C=O) groups excluding carboxylic acids is 2. The van der Waals surface area contributed by atoms with Crippen LogP contribution in [0.2, 0.25) is 0 Å². The van der Waals surface area contributed by atoms with Gasteiger partial charge in [0.2, 0.25) is 5.91 Å². The summed E-state index contributed by atoms with van der Waals surface area (Å²) in [5, 5.41) is 9.26. The maximum Gasteiger partial charge on any atom is 0.251 e. The van der Waals surface area contributed by atoms with Crippen LogP contribution in [-0.4, -0.2) is 37.2 Å². The zero-order chi connectivity index (χ0) is 16.1. The largest absolute Gasteiger partial charge is 0.352 e. The molecular weight excluding hydrogens is 346 g/mol. The Morgan fingerprint density at radius 3 is 3.04 bits per heavy atom. The molecule has 0 bridgehead atoms. The van der Waals surface area contributed by atoms with Crippen LogP contribution in [0.3, 0.4) is 0 Å². The number of hydrogen-bond acceptors (Lipinski definition) is 4. The molecule has 5 nitrogen and oxygen atoms in total. The van der Waals surface area contributed by atoms with E-state index in [0.717, 1.165) is 35.8 Å². The highest BCUT2D eigenvalue weighted by atomic mass is 35.5. The van der Waals surface area contributed by atoms with Gasteiger partial charge in [0, 0.05) is 29.2 Å². The van der Waals surface area contributed by atoms with Crippen molar-refractivity contribution in [2.45, 2.75) is 30.6 Å². The monoisotopic (exact) mass is 369 g/mol. The lowest BCUT2D eigenvalue weighted by molar-refractivity contribution is -0.115. The molecule has 0 saturated carbocycles. The van der Waals surface area contributed by atoms with Crippen molar-refractivity contribution in [3.8, 4) is 0 Å². The number of rotatable bonds is 4. The van der Waals surface area contributed by atoms with E-state index < -0.39 is 0 Å². The van der Waals surface area contributed by atoms with Crippen LogP contribution in [0.25, 0.3) is 0 Å². The zero-order valence-electron chi connectivity index (χ0n) is 13.6. The Morgan fingerprint density at radius 1 is 1.38 bits per heavy atom. The molecule has 1 atom stereocenters. The third kappa shape index (κ3) is 5.13. The van der Waals surface area contributed by atoms with Crippen molar-refractivity contribution in [1.29, 1.82) is 0 Å². The maximum atomic E-state index is 12.3. The minimum absolute atomic E-state index is 0. The van der Waals surface area contributed by atoms with Gasteiger partial charge in [-0.3, -0.25) is 9.59 Å². The van der Waals surface area contributed by atoms with E-state index in [1.165, 1.54) is 12.8 Å². The van der Waals surface area contributed by atoms with Crippen LogP contribution >= 0.6 is 24.2 Å². The number of halogens is 1. The van der Waals surface area contributed by atoms with Gasteiger partial charge in [-0.2, -0.15) is 0 Å². The van der Waals surface area contributed by atoms with Crippen LogP contribution in [-0.2, 0) is 4.79 Å². The third-order valence-corrected chi connectivity index (χ3v) is 5.41. The Morgan fingerprint density at radius 2 is 2.25 bits per heavy atom. The second kappa shape index (κ2) is 9.30. The van der Waals surface area contributed by atoms with Crippen LogP contribution in [0, 0.1) is 5.92 Å². The van der Waals surface area contributed by atoms with Gasteiger partial charge in [-0.15, -0.1) is 24.2 Å². The molecule has 0 radical (unpaired) electrons. The quantitative estimate of drug-likeness (QED) is 0.763. The lowest BCUT2D eigenvalue weighted by Crippen LogP contribution is -2.33. The third-order valence-electron chi connectivity index (χ3n) is 4.34. The highest BCUT2D eigenvalue weighted by molar-refractivity contribution is 7.99. The summed E-state index contributed by atoms with van der Waals surface area (Å²) in [6.07, 6.45) is 3.98. The fraction of sp³-hybridized carbons (Fsp3) is 0.529. The number of amides is 2. The SMILES string of the molecule is Cl.O=C1CCSc2ccc(C(=O)NCCC3CCCNC3)cc2N1. The molecule has 2 amide bonds. The Kier molecular flexibility index (Phi) is 7.40. The molecule has 24 heavy (non-hydrogen) atoms. The molecule has 2 aliphatic heterocycles. The van der Waals surface area contributed by atoms with Gasteiger partial charge < -0.3 is 16.0 Å². The van der Waals surface area contributed by atoms with Gasteiger partial charge in [0.1, 0.15) is 0 Å². The fourth-order valence-electron chi connectivity index (χ4n) is 3.02.